The van der Waals surface area contributed by atoms with Gasteiger partial charge in [0.2, 0.25) is 0 Å². The molecule has 0 unspecified atom stereocenters. The zero-order valence-electron chi connectivity index (χ0n) is 14.5. The van der Waals surface area contributed by atoms with Crippen LogP contribution in [0.15, 0.2) is 36.5 Å². The molecule has 1 aliphatic rings. The first kappa shape index (κ1) is 16.5. The number of aryl methyl sites for hydroxylation is 2. The minimum atomic E-state index is -0.130. The summed E-state index contributed by atoms with van der Waals surface area (Å²) in [6, 6.07) is 9.75. The van der Waals surface area contributed by atoms with Crippen molar-refractivity contribution in [3.8, 4) is 0 Å². The Morgan fingerprint density at radius 3 is 2.46 bits per heavy atom. The number of carbonyl (C=O) groups is 1. The van der Waals surface area contributed by atoms with Gasteiger partial charge in [0.05, 0.1) is 5.56 Å². The Labute approximate surface area is 143 Å². The second kappa shape index (κ2) is 7.01. The standard InChI is InChI=1S/C19H24N4O/c1-14-12-17(21-19(24)16-5-4-15(2)20-13-16)6-7-18(14)23-10-8-22(3)9-11-23/h4-7,12-13H,8-11H2,1-3H3,(H,21,24). The molecule has 0 aliphatic carbocycles. The topological polar surface area (TPSA) is 48.5 Å². The number of pyridine rings is 1. The van der Waals surface area contributed by atoms with Crippen LogP contribution >= 0.6 is 0 Å². The second-order valence-electron chi connectivity index (χ2n) is 6.43. The Morgan fingerprint density at radius 2 is 1.83 bits per heavy atom. The van der Waals surface area contributed by atoms with Crippen LogP contribution in [-0.4, -0.2) is 49.0 Å². The summed E-state index contributed by atoms with van der Waals surface area (Å²) in [7, 11) is 2.16. The Morgan fingerprint density at radius 1 is 1.08 bits per heavy atom. The molecule has 0 radical (unpaired) electrons. The maximum absolute atomic E-state index is 12.3. The zero-order valence-corrected chi connectivity index (χ0v) is 14.5. The van der Waals surface area contributed by atoms with Gasteiger partial charge in [-0.05, 0) is 56.8 Å². The number of nitrogens with one attached hydrogen (secondary N) is 1. The van der Waals surface area contributed by atoms with E-state index in [1.165, 1.54) is 11.3 Å². The van der Waals surface area contributed by atoms with Gasteiger partial charge in [0.25, 0.3) is 5.91 Å². The van der Waals surface area contributed by atoms with Crippen molar-refractivity contribution in [1.29, 1.82) is 0 Å². The predicted molar refractivity (Wildman–Crippen MR) is 97.8 cm³/mol. The monoisotopic (exact) mass is 324 g/mol. The number of benzene rings is 1. The molecule has 0 atom stereocenters. The van der Waals surface area contributed by atoms with Crippen molar-refractivity contribution in [3.63, 3.8) is 0 Å². The molecule has 1 amide bonds. The molecule has 2 heterocycles. The molecule has 0 spiro atoms. The van der Waals surface area contributed by atoms with E-state index in [-0.39, 0.29) is 5.91 Å². The number of anilines is 2. The average Bonchev–Trinajstić information content (AvgIpc) is 2.57. The van der Waals surface area contributed by atoms with Crippen LogP contribution < -0.4 is 10.2 Å². The Kier molecular flexibility index (Phi) is 4.81. The van der Waals surface area contributed by atoms with Gasteiger partial charge >= 0.3 is 0 Å². The van der Waals surface area contributed by atoms with E-state index < -0.39 is 0 Å². The quantitative estimate of drug-likeness (QED) is 0.943. The van der Waals surface area contributed by atoms with Crippen molar-refractivity contribution in [1.82, 2.24) is 9.88 Å². The van der Waals surface area contributed by atoms with Crippen molar-refractivity contribution in [2.24, 2.45) is 0 Å². The molecule has 1 aromatic carbocycles. The lowest BCUT2D eigenvalue weighted by molar-refractivity contribution is 0.102. The predicted octanol–water partition coefficient (Wildman–Crippen LogP) is 2.70. The number of piperazine rings is 1. The van der Waals surface area contributed by atoms with E-state index in [1.54, 1.807) is 12.3 Å². The average molecular weight is 324 g/mol. The Bertz CT molecular complexity index is 719. The first-order valence-electron chi connectivity index (χ1n) is 8.31. The summed E-state index contributed by atoms with van der Waals surface area (Å²) >= 11 is 0. The van der Waals surface area contributed by atoms with Crippen LogP contribution in [0.1, 0.15) is 21.6 Å². The molecule has 1 N–H and O–H groups in total. The highest BCUT2D eigenvalue weighted by Crippen LogP contribution is 2.25. The van der Waals surface area contributed by atoms with Gasteiger partial charge in [-0.2, -0.15) is 0 Å². The van der Waals surface area contributed by atoms with Crippen molar-refractivity contribution < 1.29 is 4.79 Å². The first-order valence-corrected chi connectivity index (χ1v) is 8.31. The lowest BCUT2D eigenvalue weighted by Gasteiger charge is -2.35. The summed E-state index contributed by atoms with van der Waals surface area (Å²) in [5.41, 5.74) is 4.72. The van der Waals surface area contributed by atoms with Crippen LogP contribution in [0, 0.1) is 13.8 Å². The highest BCUT2D eigenvalue weighted by molar-refractivity contribution is 6.04. The summed E-state index contributed by atoms with van der Waals surface area (Å²) in [5, 5.41) is 2.95. The molecule has 1 fully saturated rings. The summed E-state index contributed by atoms with van der Waals surface area (Å²) in [4.78, 5) is 21.2. The number of nitrogens with zero attached hydrogens (tertiary/aromatic N) is 3. The number of hydrogen-bond acceptors (Lipinski definition) is 4. The van der Waals surface area contributed by atoms with E-state index in [0.29, 0.717) is 5.56 Å². The third-order valence-corrected chi connectivity index (χ3v) is 4.47. The van der Waals surface area contributed by atoms with Crippen LogP contribution in [0.3, 0.4) is 0 Å². The molecule has 1 aromatic heterocycles. The number of rotatable bonds is 3. The van der Waals surface area contributed by atoms with Gasteiger partial charge in [-0.25, -0.2) is 0 Å². The number of likely N-dealkylation sites (N-methyl/N-ethyl adjacent to an activating group) is 1. The van der Waals surface area contributed by atoms with Gasteiger partial charge < -0.3 is 15.1 Å². The highest BCUT2D eigenvalue weighted by atomic mass is 16.1. The van der Waals surface area contributed by atoms with Gasteiger partial charge in [-0.15, -0.1) is 0 Å². The molecule has 3 rings (SSSR count). The van der Waals surface area contributed by atoms with Crippen molar-refractivity contribution in [3.05, 3.63) is 53.3 Å². The first-order chi connectivity index (χ1) is 11.5. The van der Waals surface area contributed by atoms with E-state index in [9.17, 15) is 4.79 Å². The maximum atomic E-state index is 12.3. The molecule has 5 heteroatoms. The van der Waals surface area contributed by atoms with Gasteiger partial charge in [-0.1, -0.05) is 0 Å². The Balaban J connectivity index is 1.70. The largest absolute Gasteiger partial charge is 0.369 e. The van der Waals surface area contributed by atoms with Crippen molar-refractivity contribution >= 4 is 17.3 Å². The van der Waals surface area contributed by atoms with Crippen molar-refractivity contribution in [2.75, 3.05) is 43.4 Å². The number of hydrogen-bond donors (Lipinski definition) is 1. The van der Waals surface area contributed by atoms with Gasteiger partial charge in [0.15, 0.2) is 0 Å². The molecular weight excluding hydrogens is 300 g/mol. The van der Waals surface area contributed by atoms with Crippen LogP contribution in [0.5, 0.6) is 0 Å². The minimum Gasteiger partial charge on any atom is -0.369 e. The Hall–Kier alpha value is -2.40. The van der Waals surface area contributed by atoms with Gasteiger partial charge in [0, 0.05) is 49.4 Å². The molecule has 126 valence electrons. The van der Waals surface area contributed by atoms with Gasteiger partial charge in [0.1, 0.15) is 0 Å². The van der Waals surface area contributed by atoms with Crippen LogP contribution in [0.2, 0.25) is 0 Å². The molecule has 0 saturated carbocycles. The smallest absolute Gasteiger partial charge is 0.257 e. The third kappa shape index (κ3) is 3.74. The SMILES string of the molecule is Cc1ccc(C(=O)Nc2ccc(N3CCN(C)CC3)c(C)c2)cn1. The van der Waals surface area contributed by atoms with E-state index in [0.717, 1.165) is 37.6 Å². The summed E-state index contributed by atoms with van der Waals surface area (Å²) in [6.45, 7) is 8.24. The van der Waals surface area contributed by atoms with Crippen LogP contribution in [-0.2, 0) is 0 Å². The van der Waals surface area contributed by atoms with E-state index in [2.05, 4.69) is 40.1 Å². The van der Waals surface area contributed by atoms with Crippen LogP contribution in [0.25, 0.3) is 0 Å². The third-order valence-electron chi connectivity index (χ3n) is 4.47. The summed E-state index contributed by atoms with van der Waals surface area (Å²) in [6.07, 6.45) is 1.61. The van der Waals surface area contributed by atoms with Crippen LogP contribution in [0.4, 0.5) is 11.4 Å². The molecule has 2 aromatic rings. The van der Waals surface area contributed by atoms with E-state index in [1.807, 2.05) is 25.1 Å². The van der Waals surface area contributed by atoms with E-state index in [4.69, 9.17) is 0 Å². The molecule has 1 aliphatic heterocycles. The lowest BCUT2D eigenvalue weighted by atomic mass is 10.1. The van der Waals surface area contributed by atoms with E-state index >= 15 is 0 Å². The number of amides is 1. The number of carbonyl (C=O) groups excluding carboxylic acids is 1. The molecule has 24 heavy (non-hydrogen) atoms. The molecule has 5 nitrogen and oxygen atoms in total. The fourth-order valence-electron chi connectivity index (χ4n) is 2.94. The van der Waals surface area contributed by atoms with Gasteiger partial charge in [-0.3, -0.25) is 9.78 Å². The summed E-state index contributed by atoms with van der Waals surface area (Å²) in [5.74, 6) is -0.130. The maximum Gasteiger partial charge on any atom is 0.257 e. The highest BCUT2D eigenvalue weighted by Gasteiger charge is 2.16. The molecule has 1 saturated heterocycles. The normalized spacial score (nSPS) is 15.4. The molecule has 0 bridgehead atoms. The fourth-order valence-corrected chi connectivity index (χ4v) is 2.94. The molecular formula is C19H24N4O. The summed E-state index contributed by atoms with van der Waals surface area (Å²) < 4.78 is 0. The fraction of sp³-hybridized carbons (Fsp3) is 0.368. The lowest BCUT2D eigenvalue weighted by Crippen LogP contribution is -2.44. The number of aromatic nitrogens is 1. The zero-order chi connectivity index (χ0) is 17.1. The van der Waals surface area contributed by atoms with Crippen molar-refractivity contribution in [2.45, 2.75) is 13.8 Å². The minimum absolute atomic E-state index is 0.130. The second-order valence-corrected chi connectivity index (χ2v) is 6.43.